The zero-order chi connectivity index (χ0) is 11.5. The Labute approximate surface area is 91.9 Å². The molecule has 0 atom stereocenters. The molecule has 0 saturated carbocycles. The number of benzene rings is 1. The second kappa shape index (κ2) is 3.95. The second-order valence-corrected chi connectivity index (χ2v) is 3.24. The van der Waals surface area contributed by atoms with Gasteiger partial charge in [-0.3, -0.25) is 4.79 Å². The molecule has 1 aromatic heterocycles. The average Bonchev–Trinajstić information content (AvgIpc) is 2.71. The van der Waals surface area contributed by atoms with E-state index in [0.717, 1.165) is 12.0 Å². The summed E-state index contributed by atoms with van der Waals surface area (Å²) in [4.78, 5) is 11.9. The third kappa shape index (κ3) is 1.68. The number of nitrogens with zero attached hydrogens (tertiary/aromatic N) is 4. The minimum atomic E-state index is 0.305. The molecule has 0 aliphatic rings. The Morgan fingerprint density at radius 1 is 1.31 bits per heavy atom. The van der Waals surface area contributed by atoms with Crippen molar-refractivity contribution in [3.63, 3.8) is 0 Å². The number of nitriles is 1. The fourth-order valence-electron chi connectivity index (χ4n) is 1.28. The topological polar surface area (TPSA) is 71.6 Å². The van der Waals surface area contributed by atoms with Gasteiger partial charge in [-0.05, 0) is 31.2 Å². The van der Waals surface area contributed by atoms with Gasteiger partial charge < -0.3 is 0 Å². The van der Waals surface area contributed by atoms with Crippen molar-refractivity contribution >= 4 is 6.29 Å². The highest BCUT2D eigenvalue weighted by atomic mass is 16.1. The molecule has 5 heteroatoms. The van der Waals surface area contributed by atoms with Gasteiger partial charge in [-0.2, -0.15) is 15.2 Å². The van der Waals surface area contributed by atoms with Crippen LogP contribution in [0.4, 0.5) is 0 Å². The SMILES string of the molecule is Cc1nn(-c2ccc(C=O)cc2)nc1C#N. The zero-order valence-corrected chi connectivity index (χ0v) is 8.58. The molecule has 78 valence electrons. The van der Waals surface area contributed by atoms with Crippen LogP contribution in [-0.2, 0) is 0 Å². The number of aldehydes is 1. The number of rotatable bonds is 2. The third-order valence-electron chi connectivity index (χ3n) is 2.15. The molecule has 0 saturated heterocycles. The third-order valence-corrected chi connectivity index (χ3v) is 2.15. The second-order valence-electron chi connectivity index (χ2n) is 3.24. The lowest BCUT2D eigenvalue weighted by molar-refractivity contribution is 0.112. The van der Waals surface area contributed by atoms with Crippen molar-refractivity contribution in [2.24, 2.45) is 0 Å². The van der Waals surface area contributed by atoms with Gasteiger partial charge in [0.1, 0.15) is 12.4 Å². The Morgan fingerprint density at radius 2 is 2.00 bits per heavy atom. The molecule has 0 amide bonds. The molecule has 0 bridgehead atoms. The molecule has 16 heavy (non-hydrogen) atoms. The minimum absolute atomic E-state index is 0.305. The lowest BCUT2D eigenvalue weighted by atomic mass is 10.2. The van der Waals surface area contributed by atoms with E-state index in [0.29, 0.717) is 17.0 Å². The summed E-state index contributed by atoms with van der Waals surface area (Å²) in [6.07, 6.45) is 0.770. The largest absolute Gasteiger partial charge is 0.298 e. The first-order chi connectivity index (χ1) is 7.74. The van der Waals surface area contributed by atoms with E-state index in [1.165, 1.54) is 4.80 Å². The van der Waals surface area contributed by atoms with Crippen molar-refractivity contribution in [3.8, 4) is 11.8 Å². The van der Waals surface area contributed by atoms with Crippen LogP contribution in [0, 0.1) is 18.3 Å². The van der Waals surface area contributed by atoms with Gasteiger partial charge in [-0.15, -0.1) is 5.10 Å². The maximum absolute atomic E-state index is 10.5. The summed E-state index contributed by atoms with van der Waals surface area (Å²) in [6.45, 7) is 1.72. The number of carbonyl (C=O) groups excluding carboxylic acids is 1. The summed E-state index contributed by atoms with van der Waals surface area (Å²) in [5.74, 6) is 0. The van der Waals surface area contributed by atoms with E-state index >= 15 is 0 Å². The van der Waals surface area contributed by atoms with E-state index in [-0.39, 0.29) is 0 Å². The maximum Gasteiger partial charge on any atom is 0.186 e. The Kier molecular flexibility index (Phi) is 2.48. The molecular weight excluding hydrogens is 204 g/mol. The van der Waals surface area contributed by atoms with Crippen LogP contribution in [-0.4, -0.2) is 21.3 Å². The summed E-state index contributed by atoms with van der Waals surface area (Å²) in [6, 6.07) is 8.76. The van der Waals surface area contributed by atoms with Crippen molar-refractivity contribution in [1.29, 1.82) is 5.26 Å². The van der Waals surface area contributed by atoms with Gasteiger partial charge in [0.2, 0.25) is 0 Å². The molecule has 2 rings (SSSR count). The maximum atomic E-state index is 10.5. The highest BCUT2D eigenvalue weighted by Gasteiger charge is 2.06. The summed E-state index contributed by atoms with van der Waals surface area (Å²) in [5, 5.41) is 16.9. The van der Waals surface area contributed by atoms with Crippen molar-refractivity contribution in [2.45, 2.75) is 6.92 Å². The van der Waals surface area contributed by atoms with E-state index in [9.17, 15) is 4.79 Å². The molecule has 5 nitrogen and oxygen atoms in total. The first kappa shape index (κ1) is 10.1. The number of hydrogen-bond donors (Lipinski definition) is 0. The lowest BCUT2D eigenvalue weighted by Crippen LogP contribution is -1.99. The normalized spacial score (nSPS) is 9.75. The van der Waals surface area contributed by atoms with Gasteiger partial charge in [-0.1, -0.05) is 0 Å². The molecule has 0 unspecified atom stereocenters. The number of carbonyl (C=O) groups is 1. The summed E-state index contributed by atoms with van der Waals surface area (Å²) in [5.41, 5.74) is 2.20. The Balaban J connectivity index is 2.43. The quantitative estimate of drug-likeness (QED) is 0.702. The first-order valence-corrected chi connectivity index (χ1v) is 4.64. The molecule has 0 radical (unpaired) electrons. The summed E-state index contributed by atoms with van der Waals surface area (Å²) < 4.78 is 0. The van der Waals surface area contributed by atoms with Crippen LogP contribution in [0.5, 0.6) is 0 Å². The first-order valence-electron chi connectivity index (χ1n) is 4.64. The molecule has 0 fully saturated rings. The number of aryl methyl sites for hydroxylation is 1. The van der Waals surface area contributed by atoms with Crippen LogP contribution >= 0.6 is 0 Å². The van der Waals surface area contributed by atoms with Crippen molar-refractivity contribution in [3.05, 3.63) is 41.2 Å². The average molecular weight is 212 g/mol. The Bertz CT molecular complexity index is 563. The fourth-order valence-corrected chi connectivity index (χ4v) is 1.28. The van der Waals surface area contributed by atoms with Gasteiger partial charge in [0.05, 0.1) is 11.4 Å². The monoisotopic (exact) mass is 212 g/mol. The van der Waals surface area contributed by atoms with E-state index in [4.69, 9.17) is 5.26 Å². The molecule has 0 aliphatic heterocycles. The number of hydrogen-bond acceptors (Lipinski definition) is 4. The molecule has 2 aromatic rings. The van der Waals surface area contributed by atoms with Gasteiger partial charge in [0, 0.05) is 5.56 Å². The van der Waals surface area contributed by atoms with Gasteiger partial charge >= 0.3 is 0 Å². The fraction of sp³-hybridized carbons (Fsp3) is 0.0909. The molecule has 0 spiro atoms. The standard InChI is InChI=1S/C11H8N4O/c1-8-11(6-12)14-15(13-8)10-4-2-9(7-16)3-5-10/h2-5,7H,1H3. The van der Waals surface area contributed by atoms with E-state index < -0.39 is 0 Å². The van der Waals surface area contributed by atoms with Crippen LogP contribution in [0.1, 0.15) is 21.7 Å². The summed E-state index contributed by atoms with van der Waals surface area (Å²) in [7, 11) is 0. The van der Waals surface area contributed by atoms with E-state index in [1.807, 2.05) is 6.07 Å². The van der Waals surface area contributed by atoms with Crippen molar-refractivity contribution in [1.82, 2.24) is 15.0 Å². The Hall–Kier alpha value is -2.48. The molecular formula is C11H8N4O. The molecule has 0 aliphatic carbocycles. The van der Waals surface area contributed by atoms with E-state index in [1.54, 1.807) is 31.2 Å². The van der Waals surface area contributed by atoms with Crippen LogP contribution < -0.4 is 0 Å². The number of aromatic nitrogens is 3. The lowest BCUT2D eigenvalue weighted by Gasteiger charge is -1.98. The van der Waals surface area contributed by atoms with Gasteiger partial charge in [-0.25, -0.2) is 0 Å². The minimum Gasteiger partial charge on any atom is -0.298 e. The van der Waals surface area contributed by atoms with E-state index in [2.05, 4.69) is 10.2 Å². The molecule has 0 N–H and O–H groups in total. The zero-order valence-electron chi connectivity index (χ0n) is 8.58. The van der Waals surface area contributed by atoms with Crippen LogP contribution in [0.15, 0.2) is 24.3 Å². The van der Waals surface area contributed by atoms with Crippen LogP contribution in [0.2, 0.25) is 0 Å². The smallest absolute Gasteiger partial charge is 0.186 e. The Morgan fingerprint density at radius 3 is 2.50 bits per heavy atom. The predicted molar refractivity (Wildman–Crippen MR) is 56.2 cm³/mol. The van der Waals surface area contributed by atoms with Crippen LogP contribution in [0.25, 0.3) is 5.69 Å². The van der Waals surface area contributed by atoms with Crippen molar-refractivity contribution in [2.75, 3.05) is 0 Å². The highest BCUT2D eigenvalue weighted by molar-refractivity contribution is 5.75. The molecule has 1 heterocycles. The van der Waals surface area contributed by atoms with Gasteiger partial charge in [0.15, 0.2) is 5.69 Å². The highest BCUT2D eigenvalue weighted by Crippen LogP contribution is 2.08. The predicted octanol–water partition coefficient (Wildman–Crippen LogP) is 1.26. The summed E-state index contributed by atoms with van der Waals surface area (Å²) >= 11 is 0. The van der Waals surface area contributed by atoms with Crippen molar-refractivity contribution < 1.29 is 4.79 Å². The molecule has 1 aromatic carbocycles. The van der Waals surface area contributed by atoms with Gasteiger partial charge in [0.25, 0.3) is 0 Å². The van der Waals surface area contributed by atoms with Crippen LogP contribution in [0.3, 0.4) is 0 Å².